The van der Waals surface area contributed by atoms with Gasteiger partial charge >= 0.3 is 0 Å². The van der Waals surface area contributed by atoms with Gasteiger partial charge in [-0.15, -0.1) is 0 Å². The predicted molar refractivity (Wildman–Crippen MR) is 23.3 cm³/mol. The number of rotatable bonds is 1. The summed E-state index contributed by atoms with van der Waals surface area (Å²) in [7, 11) is 0. The second kappa shape index (κ2) is 0.934. The van der Waals surface area contributed by atoms with Gasteiger partial charge in [0, 0.05) is 11.6 Å². The Morgan fingerprint density at radius 1 is 1.83 bits per heavy atom. The van der Waals surface area contributed by atoms with E-state index in [9.17, 15) is 0 Å². The molecule has 0 aliphatic heterocycles. The number of hydrogen-bond donors (Lipinski definition) is 1. The molecule has 0 aliphatic carbocycles. The summed E-state index contributed by atoms with van der Waals surface area (Å²) < 4.78 is 0. The Kier molecular flexibility index (Phi) is 0.560. The molecule has 0 amide bonds. The monoisotopic (exact) mass is 82.1 g/mol. The van der Waals surface area contributed by atoms with Crippen LogP contribution in [0.1, 0.15) is 12.5 Å². The molecule has 2 N–H and O–H groups in total. The summed E-state index contributed by atoms with van der Waals surface area (Å²) in [6.45, 7) is 2.10. The van der Waals surface area contributed by atoms with Crippen LogP contribution < -0.4 is 10.8 Å². The minimum absolute atomic E-state index is 0.998. The van der Waals surface area contributed by atoms with Gasteiger partial charge in [0.25, 0.3) is 0 Å². The van der Waals surface area contributed by atoms with Crippen LogP contribution in [0.5, 0.6) is 0 Å². The van der Waals surface area contributed by atoms with Crippen LogP contribution in [0, 0.1) is 0 Å². The van der Waals surface area contributed by atoms with Gasteiger partial charge in [0.15, 0.2) is 0 Å². The van der Waals surface area contributed by atoms with Crippen LogP contribution in [0.2, 0.25) is 0 Å². The van der Waals surface area contributed by atoms with E-state index >= 15 is 0 Å². The molecule has 1 aromatic rings. The third-order valence-corrected chi connectivity index (χ3v) is 0.998. The highest BCUT2D eigenvalue weighted by Gasteiger charge is 2.03. The lowest BCUT2D eigenvalue weighted by atomic mass is 10.4. The highest BCUT2D eigenvalue weighted by molar-refractivity contribution is 5.18. The maximum Gasteiger partial charge on any atom is 0.200 e. The topological polar surface area (TPSA) is 25.6 Å². The zero-order valence-electron chi connectivity index (χ0n) is 3.86. The van der Waals surface area contributed by atoms with E-state index in [1.165, 1.54) is 5.56 Å². The molecule has 0 heterocycles. The van der Waals surface area contributed by atoms with E-state index in [1.807, 2.05) is 6.07 Å². The Morgan fingerprint density at radius 3 is 2.33 bits per heavy atom. The fraction of sp³-hybridized carbons (Fsp3) is 0.400. The summed E-state index contributed by atoms with van der Waals surface area (Å²) in [5.74, 6) is 0. The molecule has 0 bridgehead atoms. The zero-order chi connectivity index (χ0) is 4.57. The van der Waals surface area contributed by atoms with E-state index in [-0.39, 0.29) is 0 Å². The van der Waals surface area contributed by atoms with E-state index in [1.54, 1.807) is 0 Å². The first-order valence-corrected chi connectivity index (χ1v) is 2.18. The van der Waals surface area contributed by atoms with Crippen LogP contribution >= 0.6 is 0 Å². The van der Waals surface area contributed by atoms with Crippen LogP contribution in [0.25, 0.3) is 0 Å². The Balaban J connectivity index is 2.68. The lowest BCUT2D eigenvalue weighted by Gasteiger charge is -1.61. The fourth-order valence-corrected chi connectivity index (χ4v) is 0.458. The van der Waals surface area contributed by atoms with Crippen LogP contribution in [-0.2, 0) is 6.42 Å². The van der Waals surface area contributed by atoms with Gasteiger partial charge in [0.2, 0.25) is 5.36 Å². The van der Waals surface area contributed by atoms with Gasteiger partial charge in [-0.3, -0.25) is 5.41 Å². The van der Waals surface area contributed by atoms with Gasteiger partial charge in [-0.2, -0.15) is 0 Å². The molecule has 0 radical (unpaired) electrons. The summed E-state index contributed by atoms with van der Waals surface area (Å²) in [5, 5.41) is 6.30. The summed E-state index contributed by atoms with van der Waals surface area (Å²) in [5.41, 5.74) is 1.33. The van der Waals surface area contributed by atoms with Crippen molar-refractivity contribution in [3.8, 4) is 0 Å². The largest absolute Gasteiger partial charge is 0.254 e. The minimum Gasteiger partial charge on any atom is -0.254 e. The molecule has 32 valence electrons. The van der Waals surface area contributed by atoms with E-state index in [2.05, 4.69) is 6.92 Å². The number of aryl methyl sites for hydroxylation is 1. The van der Waals surface area contributed by atoms with Crippen molar-refractivity contribution in [2.75, 3.05) is 0 Å². The first-order chi connectivity index (χ1) is 2.84. The van der Waals surface area contributed by atoms with Gasteiger partial charge in [0.05, 0.1) is 0 Å². The highest BCUT2D eigenvalue weighted by Crippen LogP contribution is 1.90. The number of hydrogen-bond acceptors (Lipinski definition) is 0. The van der Waals surface area contributed by atoms with Crippen LogP contribution in [0.15, 0.2) is 6.07 Å². The first-order valence-electron chi connectivity index (χ1n) is 2.18. The lowest BCUT2D eigenvalue weighted by Crippen LogP contribution is -2.39. The van der Waals surface area contributed by atoms with Crippen molar-refractivity contribution < 1.29 is 5.41 Å². The first kappa shape index (κ1) is 3.59. The molecule has 1 heteroatoms. The second-order valence-electron chi connectivity index (χ2n) is 1.48. The molecule has 0 saturated heterocycles. The quantitative estimate of drug-likeness (QED) is 0.439. The predicted octanol–water partition coefficient (Wildman–Crippen LogP) is -1.22. The zero-order valence-corrected chi connectivity index (χ0v) is 3.86. The molecule has 0 aromatic heterocycles. The van der Waals surface area contributed by atoms with E-state index in [4.69, 9.17) is 5.41 Å². The SMILES string of the molecule is CCc1cc1=[NH2+]. The summed E-state index contributed by atoms with van der Waals surface area (Å²) in [6, 6.07) is 2.00. The number of nitrogens with two attached hydrogens (primary N) is 1. The van der Waals surface area contributed by atoms with Crippen molar-refractivity contribution in [3.63, 3.8) is 0 Å². The standard InChI is InChI=1S/C5H7N/c1-2-4-3-5(4)6/h3,6H,2H2,1H3/p+1. The van der Waals surface area contributed by atoms with E-state index in [0.29, 0.717) is 0 Å². The third-order valence-electron chi connectivity index (χ3n) is 0.998. The molecule has 0 spiro atoms. The van der Waals surface area contributed by atoms with Crippen molar-refractivity contribution in [1.82, 2.24) is 0 Å². The van der Waals surface area contributed by atoms with E-state index in [0.717, 1.165) is 11.8 Å². The van der Waals surface area contributed by atoms with Gasteiger partial charge in [-0.25, -0.2) is 0 Å². The van der Waals surface area contributed by atoms with E-state index < -0.39 is 0 Å². The van der Waals surface area contributed by atoms with Crippen molar-refractivity contribution in [2.24, 2.45) is 0 Å². The average Bonchev–Trinajstić information content (AvgIpc) is 2.19. The second-order valence-corrected chi connectivity index (χ2v) is 1.48. The molecule has 0 aliphatic rings. The Labute approximate surface area is 36.8 Å². The van der Waals surface area contributed by atoms with Crippen LogP contribution in [0.3, 0.4) is 0 Å². The summed E-state index contributed by atoms with van der Waals surface area (Å²) >= 11 is 0. The van der Waals surface area contributed by atoms with Crippen LogP contribution in [-0.4, -0.2) is 0 Å². The fourth-order valence-electron chi connectivity index (χ4n) is 0.458. The Morgan fingerprint density at radius 2 is 2.33 bits per heavy atom. The maximum atomic E-state index is 5.30. The summed E-state index contributed by atoms with van der Waals surface area (Å²) in [6.07, 6.45) is 1.10. The Bertz CT molecular complexity index is 146. The van der Waals surface area contributed by atoms with Gasteiger partial charge in [0.1, 0.15) is 0 Å². The lowest BCUT2D eigenvalue weighted by molar-refractivity contribution is -0.167. The van der Waals surface area contributed by atoms with Gasteiger partial charge < -0.3 is 0 Å². The highest BCUT2D eigenvalue weighted by atomic mass is 14.4. The minimum atomic E-state index is 0.998. The van der Waals surface area contributed by atoms with Crippen molar-refractivity contribution in [2.45, 2.75) is 13.3 Å². The molecule has 0 atom stereocenters. The van der Waals surface area contributed by atoms with Crippen molar-refractivity contribution >= 4 is 0 Å². The third kappa shape index (κ3) is 0.361. The molecule has 1 aromatic carbocycles. The van der Waals surface area contributed by atoms with Crippen molar-refractivity contribution in [3.05, 3.63) is 17.0 Å². The molecule has 0 saturated carbocycles. The average molecular weight is 82.1 g/mol. The molecule has 1 nitrogen and oxygen atoms in total. The van der Waals surface area contributed by atoms with Gasteiger partial charge in [-0.1, -0.05) is 6.92 Å². The molecule has 1 rings (SSSR count). The summed E-state index contributed by atoms with van der Waals surface area (Å²) in [4.78, 5) is 0. The molecular weight excluding hydrogens is 74.1 g/mol. The van der Waals surface area contributed by atoms with Crippen molar-refractivity contribution in [1.29, 1.82) is 0 Å². The molecular formula is C5H8N+. The van der Waals surface area contributed by atoms with Gasteiger partial charge in [-0.05, 0) is 6.42 Å². The Hall–Kier alpha value is -0.590. The smallest absolute Gasteiger partial charge is 0.200 e. The van der Waals surface area contributed by atoms with Crippen LogP contribution in [0.4, 0.5) is 0 Å². The molecule has 0 unspecified atom stereocenters. The molecule has 0 fully saturated rings. The molecule has 6 heavy (non-hydrogen) atoms. The maximum absolute atomic E-state index is 5.30. The normalized spacial score (nSPS) is 10.2.